The molecule has 0 atom stereocenters. The molecule has 2 rings (SSSR count). The van der Waals surface area contributed by atoms with Gasteiger partial charge in [0.1, 0.15) is 11.6 Å². The smallest absolute Gasteiger partial charge is 0.129 e. The molecule has 1 aliphatic carbocycles. The summed E-state index contributed by atoms with van der Waals surface area (Å²) in [5.41, 5.74) is 0.655. The predicted molar refractivity (Wildman–Crippen MR) is 62.3 cm³/mol. The monoisotopic (exact) mass is 223 g/mol. The summed E-state index contributed by atoms with van der Waals surface area (Å²) in [6, 6.07) is 5.75. The fourth-order valence-corrected chi connectivity index (χ4v) is 1.52. The van der Waals surface area contributed by atoms with Crippen molar-refractivity contribution in [3.05, 3.63) is 29.6 Å². The van der Waals surface area contributed by atoms with Gasteiger partial charge in [-0.2, -0.15) is 0 Å². The van der Waals surface area contributed by atoms with E-state index in [1.165, 1.54) is 18.9 Å². The Balaban J connectivity index is 1.65. The van der Waals surface area contributed by atoms with Gasteiger partial charge in [-0.05, 0) is 44.4 Å². The van der Waals surface area contributed by atoms with Gasteiger partial charge in [-0.3, -0.25) is 0 Å². The standard InChI is InChI=1S/C13H18FNO/c1-10-3-6-12(9-13(10)14)16-8-2-7-15-11-4-5-11/h3,6,9,11,15H,2,4-5,7-8H2,1H3. The highest BCUT2D eigenvalue weighted by atomic mass is 19.1. The minimum absolute atomic E-state index is 0.200. The molecule has 1 aliphatic rings. The van der Waals surface area contributed by atoms with Crippen molar-refractivity contribution in [2.45, 2.75) is 32.2 Å². The van der Waals surface area contributed by atoms with E-state index in [2.05, 4.69) is 5.32 Å². The van der Waals surface area contributed by atoms with Crippen molar-refractivity contribution in [3.8, 4) is 5.75 Å². The Hall–Kier alpha value is -1.09. The molecular weight excluding hydrogens is 205 g/mol. The number of aryl methyl sites for hydroxylation is 1. The minimum atomic E-state index is -0.200. The molecule has 88 valence electrons. The number of halogens is 1. The van der Waals surface area contributed by atoms with E-state index < -0.39 is 0 Å². The van der Waals surface area contributed by atoms with Crippen molar-refractivity contribution in [3.63, 3.8) is 0 Å². The molecule has 1 saturated carbocycles. The van der Waals surface area contributed by atoms with Gasteiger partial charge in [-0.25, -0.2) is 4.39 Å². The fraction of sp³-hybridized carbons (Fsp3) is 0.538. The van der Waals surface area contributed by atoms with E-state index in [1.54, 1.807) is 13.0 Å². The minimum Gasteiger partial charge on any atom is -0.493 e. The highest BCUT2D eigenvalue weighted by molar-refractivity contribution is 5.27. The van der Waals surface area contributed by atoms with Gasteiger partial charge in [-0.1, -0.05) is 6.07 Å². The maximum Gasteiger partial charge on any atom is 0.129 e. The first-order valence-electron chi connectivity index (χ1n) is 5.88. The van der Waals surface area contributed by atoms with Crippen molar-refractivity contribution in [2.24, 2.45) is 0 Å². The molecule has 2 nitrogen and oxygen atoms in total. The van der Waals surface area contributed by atoms with Crippen LogP contribution in [0.25, 0.3) is 0 Å². The molecule has 0 unspecified atom stereocenters. The van der Waals surface area contributed by atoms with Crippen molar-refractivity contribution in [1.29, 1.82) is 0 Å². The van der Waals surface area contributed by atoms with Crippen LogP contribution in [0.15, 0.2) is 18.2 Å². The third-order valence-electron chi connectivity index (χ3n) is 2.74. The number of benzene rings is 1. The first kappa shape index (κ1) is 11.4. The number of hydrogen-bond donors (Lipinski definition) is 1. The van der Waals surface area contributed by atoms with Crippen LogP contribution in [-0.4, -0.2) is 19.2 Å². The molecule has 1 fully saturated rings. The van der Waals surface area contributed by atoms with E-state index in [1.807, 2.05) is 6.07 Å². The number of hydrogen-bond acceptors (Lipinski definition) is 2. The quantitative estimate of drug-likeness (QED) is 0.749. The molecular formula is C13H18FNO. The maximum absolute atomic E-state index is 13.2. The molecule has 0 bridgehead atoms. The van der Waals surface area contributed by atoms with E-state index in [9.17, 15) is 4.39 Å². The summed E-state index contributed by atoms with van der Waals surface area (Å²) in [6.07, 6.45) is 3.58. The van der Waals surface area contributed by atoms with Gasteiger partial charge in [0, 0.05) is 12.1 Å². The molecule has 0 aliphatic heterocycles. The SMILES string of the molecule is Cc1ccc(OCCCNC2CC2)cc1F. The molecule has 1 N–H and O–H groups in total. The summed E-state index contributed by atoms with van der Waals surface area (Å²) in [7, 11) is 0. The lowest BCUT2D eigenvalue weighted by Crippen LogP contribution is -2.19. The Morgan fingerprint density at radius 3 is 2.94 bits per heavy atom. The van der Waals surface area contributed by atoms with Crippen LogP contribution in [0.3, 0.4) is 0 Å². The van der Waals surface area contributed by atoms with Crippen molar-refractivity contribution in [2.75, 3.05) is 13.2 Å². The first-order valence-corrected chi connectivity index (χ1v) is 5.88. The van der Waals surface area contributed by atoms with Crippen molar-refractivity contribution >= 4 is 0 Å². The largest absolute Gasteiger partial charge is 0.493 e. The topological polar surface area (TPSA) is 21.3 Å². The Morgan fingerprint density at radius 1 is 1.44 bits per heavy atom. The highest BCUT2D eigenvalue weighted by Crippen LogP contribution is 2.18. The molecule has 0 saturated heterocycles. The van der Waals surface area contributed by atoms with Gasteiger partial charge in [0.25, 0.3) is 0 Å². The number of nitrogens with one attached hydrogen (secondary N) is 1. The fourth-order valence-electron chi connectivity index (χ4n) is 1.52. The van der Waals surface area contributed by atoms with E-state index >= 15 is 0 Å². The Bertz CT molecular complexity index is 350. The van der Waals surface area contributed by atoms with Gasteiger partial charge in [0.2, 0.25) is 0 Å². The van der Waals surface area contributed by atoms with Gasteiger partial charge >= 0.3 is 0 Å². The average Bonchev–Trinajstić information content (AvgIpc) is 3.07. The molecule has 0 spiro atoms. The van der Waals surface area contributed by atoms with Crippen LogP contribution < -0.4 is 10.1 Å². The zero-order valence-corrected chi connectivity index (χ0v) is 9.63. The Labute approximate surface area is 95.8 Å². The highest BCUT2D eigenvalue weighted by Gasteiger charge is 2.19. The van der Waals surface area contributed by atoms with Gasteiger partial charge in [0.05, 0.1) is 6.61 Å². The first-order chi connectivity index (χ1) is 7.75. The molecule has 0 aromatic heterocycles. The zero-order valence-electron chi connectivity index (χ0n) is 9.63. The summed E-state index contributed by atoms with van der Waals surface area (Å²) in [4.78, 5) is 0. The third kappa shape index (κ3) is 3.49. The van der Waals surface area contributed by atoms with E-state index in [4.69, 9.17) is 4.74 Å². The molecule has 3 heteroatoms. The Kier molecular flexibility index (Phi) is 3.78. The van der Waals surface area contributed by atoms with Crippen LogP contribution in [0.5, 0.6) is 5.75 Å². The van der Waals surface area contributed by atoms with Crippen LogP contribution in [-0.2, 0) is 0 Å². The predicted octanol–water partition coefficient (Wildman–Crippen LogP) is 2.66. The van der Waals surface area contributed by atoms with Gasteiger partial charge < -0.3 is 10.1 Å². The Morgan fingerprint density at radius 2 is 2.25 bits per heavy atom. The van der Waals surface area contributed by atoms with Gasteiger partial charge in [0.15, 0.2) is 0 Å². The van der Waals surface area contributed by atoms with Crippen LogP contribution in [0, 0.1) is 12.7 Å². The lowest BCUT2D eigenvalue weighted by atomic mass is 10.2. The molecule has 16 heavy (non-hydrogen) atoms. The van der Waals surface area contributed by atoms with Crippen molar-refractivity contribution in [1.82, 2.24) is 5.32 Å². The van der Waals surface area contributed by atoms with E-state index in [-0.39, 0.29) is 5.82 Å². The summed E-state index contributed by atoms with van der Waals surface area (Å²) in [5.74, 6) is 0.420. The van der Waals surface area contributed by atoms with Crippen LogP contribution in [0.4, 0.5) is 4.39 Å². The second kappa shape index (κ2) is 5.30. The third-order valence-corrected chi connectivity index (χ3v) is 2.74. The molecule has 1 aromatic carbocycles. The maximum atomic E-state index is 13.2. The molecule has 0 heterocycles. The second-order valence-corrected chi connectivity index (χ2v) is 4.34. The molecule has 0 amide bonds. The van der Waals surface area contributed by atoms with E-state index in [0.717, 1.165) is 19.0 Å². The zero-order chi connectivity index (χ0) is 11.4. The molecule has 1 aromatic rings. The normalized spacial score (nSPS) is 15.1. The van der Waals surface area contributed by atoms with Crippen LogP contribution >= 0.6 is 0 Å². The average molecular weight is 223 g/mol. The number of rotatable bonds is 6. The molecule has 0 radical (unpaired) electrons. The van der Waals surface area contributed by atoms with Gasteiger partial charge in [-0.15, -0.1) is 0 Å². The summed E-state index contributed by atoms with van der Waals surface area (Å²) in [6.45, 7) is 3.37. The second-order valence-electron chi connectivity index (χ2n) is 4.34. The lowest BCUT2D eigenvalue weighted by Gasteiger charge is -2.07. The summed E-state index contributed by atoms with van der Waals surface area (Å²) < 4.78 is 18.6. The summed E-state index contributed by atoms with van der Waals surface area (Å²) in [5, 5.41) is 3.41. The van der Waals surface area contributed by atoms with E-state index in [0.29, 0.717) is 17.9 Å². The summed E-state index contributed by atoms with van der Waals surface area (Å²) >= 11 is 0. The van der Waals surface area contributed by atoms with Crippen LogP contribution in [0.1, 0.15) is 24.8 Å². The lowest BCUT2D eigenvalue weighted by molar-refractivity contribution is 0.306. The van der Waals surface area contributed by atoms with Crippen LogP contribution in [0.2, 0.25) is 0 Å². The van der Waals surface area contributed by atoms with Crippen molar-refractivity contribution < 1.29 is 9.13 Å². The number of ether oxygens (including phenoxy) is 1.